The molecule has 0 aromatic heterocycles. The highest BCUT2D eigenvalue weighted by atomic mass is 15.1. The van der Waals surface area contributed by atoms with E-state index in [2.05, 4.69) is 73.6 Å². The Morgan fingerprint density at radius 1 is 1.00 bits per heavy atom. The zero-order chi connectivity index (χ0) is 13.8. The van der Waals surface area contributed by atoms with Crippen molar-refractivity contribution in [1.82, 2.24) is 0 Å². The van der Waals surface area contributed by atoms with E-state index < -0.39 is 0 Å². The van der Waals surface area contributed by atoms with Crippen LogP contribution in [0.15, 0.2) is 42.5 Å². The smallest absolute Gasteiger partial charge is 0.0426 e. The standard InChI is InChI=1S/C17H22N2/c1-13-5-10-17(14(2)11-13)19(4)12-15-6-8-16(18-3)9-7-15/h5-11,18H,12H2,1-4H3. The second-order valence-electron chi connectivity index (χ2n) is 5.09. The van der Waals surface area contributed by atoms with Crippen LogP contribution in [-0.2, 0) is 6.54 Å². The molecule has 0 saturated heterocycles. The molecule has 2 aromatic rings. The zero-order valence-corrected chi connectivity index (χ0v) is 12.2. The van der Waals surface area contributed by atoms with Gasteiger partial charge < -0.3 is 10.2 Å². The molecule has 2 rings (SSSR count). The summed E-state index contributed by atoms with van der Waals surface area (Å²) in [5, 5.41) is 3.14. The van der Waals surface area contributed by atoms with Gasteiger partial charge in [0.25, 0.3) is 0 Å². The third kappa shape index (κ3) is 3.28. The van der Waals surface area contributed by atoms with Crippen LogP contribution in [0.5, 0.6) is 0 Å². The van der Waals surface area contributed by atoms with Crippen LogP contribution >= 0.6 is 0 Å². The summed E-state index contributed by atoms with van der Waals surface area (Å²) in [7, 11) is 4.08. The maximum absolute atomic E-state index is 3.14. The first-order valence-corrected chi connectivity index (χ1v) is 6.65. The molecule has 0 atom stereocenters. The molecule has 0 aliphatic rings. The Morgan fingerprint density at radius 2 is 1.68 bits per heavy atom. The molecule has 0 amide bonds. The average molecular weight is 254 g/mol. The van der Waals surface area contributed by atoms with Crippen LogP contribution < -0.4 is 10.2 Å². The monoisotopic (exact) mass is 254 g/mol. The van der Waals surface area contributed by atoms with E-state index in [4.69, 9.17) is 0 Å². The van der Waals surface area contributed by atoms with Crippen molar-refractivity contribution in [2.24, 2.45) is 0 Å². The Kier molecular flexibility index (Phi) is 4.10. The summed E-state index contributed by atoms with van der Waals surface area (Å²) in [4.78, 5) is 2.29. The van der Waals surface area contributed by atoms with E-state index in [-0.39, 0.29) is 0 Å². The molecular formula is C17H22N2. The van der Waals surface area contributed by atoms with Crippen molar-refractivity contribution in [2.75, 3.05) is 24.3 Å². The SMILES string of the molecule is CNc1ccc(CN(C)c2ccc(C)cc2C)cc1. The van der Waals surface area contributed by atoms with E-state index in [1.807, 2.05) is 7.05 Å². The third-order valence-corrected chi connectivity index (χ3v) is 3.43. The fourth-order valence-electron chi connectivity index (χ4n) is 2.37. The van der Waals surface area contributed by atoms with Crippen molar-refractivity contribution in [2.45, 2.75) is 20.4 Å². The maximum atomic E-state index is 3.14. The van der Waals surface area contributed by atoms with Gasteiger partial charge >= 0.3 is 0 Å². The molecule has 2 nitrogen and oxygen atoms in total. The molecule has 2 aromatic carbocycles. The first kappa shape index (κ1) is 13.5. The van der Waals surface area contributed by atoms with Gasteiger partial charge in [-0.3, -0.25) is 0 Å². The maximum Gasteiger partial charge on any atom is 0.0426 e. The molecule has 1 N–H and O–H groups in total. The van der Waals surface area contributed by atoms with Gasteiger partial charge in [0.1, 0.15) is 0 Å². The predicted molar refractivity (Wildman–Crippen MR) is 84.0 cm³/mol. The number of rotatable bonds is 4. The van der Waals surface area contributed by atoms with Crippen molar-refractivity contribution >= 4 is 11.4 Å². The minimum absolute atomic E-state index is 0.924. The molecule has 100 valence electrons. The molecule has 0 saturated carbocycles. The predicted octanol–water partition coefficient (Wildman–Crippen LogP) is 3.98. The first-order chi connectivity index (χ1) is 9.10. The molecule has 0 radical (unpaired) electrons. The van der Waals surface area contributed by atoms with E-state index in [0.717, 1.165) is 12.2 Å². The average Bonchev–Trinajstić information content (AvgIpc) is 2.39. The Bertz CT molecular complexity index is 544. The van der Waals surface area contributed by atoms with E-state index in [1.54, 1.807) is 0 Å². The number of anilines is 2. The normalized spacial score (nSPS) is 10.3. The molecule has 0 heterocycles. The van der Waals surface area contributed by atoms with E-state index >= 15 is 0 Å². The molecule has 19 heavy (non-hydrogen) atoms. The van der Waals surface area contributed by atoms with E-state index in [0.29, 0.717) is 0 Å². The van der Waals surface area contributed by atoms with Crippen molar-refractivity contribution in [3.05, 3.63) is 59.2 Å². The second kappa shape index (κ2) is 5.79. The summed E-state index contributed by atoms with van der Waals surface area (Å²) in [6.07, 6.45) is 0. The van der Waals surface area contributed by atoms with E-state index in [1.165, 1.54) is 22.4 Å². The number of hydrogen-bond donors (Lipinski definition) is 1. The lowest BCUT2D eigenvalue weighted by molar-refractivity contribution is 0.917. The number of nitrogens with one attached hydrogen (secondary N) is 1. The Labute approximate surface area is 116 Å². The van der Waals surface area contributed by atoms with Crippen LogP contribution in [0.3, 0.4) is 0 Å². The summed E-state index contributed by atoms with van der Waals surface area (Å²) in [5.74, 6) is 0. The van der Waals surface area contributed by atoms with Crippen LogP contribution in [0.1, 0.15) is 16.7 Å². The molecule has 0 spiro atoms. The van der Waals surface area contributed by atoms with Gasteiger partial charge in [-0.15, -0.1) is 0 Å². The number of benzene rings is 2. The molecule has 2 heteroatoms. The van der Waals surface area contributed by atoms with Crippen LogP contribution in [0.2, 0.25) is 0 Å². The minimum atomic E-state index is 0.924. The molecule has 0 unspecified atom stereocenters. The number of hydrogen-bond acceptors (Lipinski definition) is 2. The Hall–Kier alpha value is -1.96. The van der Waals surface area contributed by atoms with E-state index in [9.17, 15) is 0 Å². The van der Waals surface area contributed by atoms with Crippen molar-refractivity contribution < 1.29 is 0 Å². The quantitative estimate of drug-likeness (QED) is 0.887. The van der Waals surface area contributed by atoms with Gasteiger partial charge in [-0.05, 0) is 43.2 Å². The Balaban J connectivity index is 2.13. The lowest BCUT2D eigenvalue weighted by atomic mass is 10.1. The summed E-state index contributed by atoms with van der Waals surface area (Å²) in [5.41, 5.74) is 6.41. The summed E-state index contributed by atoms with van der Waals surface area (Å²) in [6, 6.07) is 15.2. The van der Waals surface area contributed by atoms with Gasteiger partial charge in [0.05, 0.1) is 0 Å². The third-order valence-electron chi connectivity index (χ3n) is 3.43. The van der Waals surface area contributed by atoms with Crippen molar-refractivity contribution in [1.29, 1.82) is 0 Å². The number of nitrogens with zero attached hydrogens (tertiary/aromatic N) is 1. The van der Waals surface area contributed by atoms with Gasteiger partial charge in [0.15, 0.2) is 0 Å². The van der Waals surface area contributed by atoms with Crippen LogP contribution in [0.25, 0.3) is 0 Å². The summed E-state index contributed by atoms with van der Waals surface area (Å²) < 4.78 is 0. The fraction of sp³-hybridized carbons (Fsp3) is 0.294. The highest BCUT2D eigenvalue weighted by Gasteiger charge is 2.05. The largest absolute Gasteiger partial charge is 0.388 e. The van der Waals surface area contributed by atoms with Gasteiger partial charge in [-0.2, -0.15) is 0 Å². The second-order valence-corrected chi connectivity index (χ2v) is 5.09. The molecular weight excluding hydrogens is 232 g/mol. The molecule has 0 fully saturated rings. The highest BCUT2D eigenvalue weighted by Crippen LogP contribution is 2.22. The van der Waals surface area contributed by atoms with Crippen molar-refractivity contribution in [3.63, 3.8) is 0 Å². The summed E-state index contributed by atoms with van der Waals surface area (Å²) in [6.45, 7) is 5.23. The van der Waals surface area contributed by atoms with Crippen LogP contribution in [0.4, 0.5) is 11.4 Å². The van der Waals surface area contributed by atoms with Crippen LogP contribution in [0, 0.1) is 13.8 Å². The zero-order valence-electron chi connectivity index (χ0n) is 12.2. The van der Waals surface area contributed by atoms with Crippen molar-refractivity contribution in [3.8, 4) is 0 Å². The first-order valence-electron chi connectivity index (χ1n) is 6.65. The lowest BCUT2D eigenvalue weighted by Gasteiger charge is -2.22. The molecule has 0 aliphatic carbocycles. The highest BCUT2D eigenvalue weighted by molar-refractivity contribution is 5.54. The fourth-order valence-corrected chi connectivity index (χ4v) is 2.37. The lowest BCUT2D eigenvalue weighted by Crippen LogP contribution is -2.17. The van der Waals surface area contributed by atoms with Crippen LogP contribution in [-0.4, -0.2) is 14.1 Å². The summed E-state index contributed by atoms with van der Waals surface area (Å²) >= 11 is 0. The van der Waals surface area contributed by atoms with Gasteiger partial charge in [-0.25, -0.2) is 0 Å². The molecule has 0 aliphatic heterocycles. The molecule has 0 bridgehead atoms. The Morgan fingerprint density at radius 3 is 2.26 bits per heavy atom. The van der Waals surface area contributed by atoms with Gasteiger partial charge in [0.2, 0.25) is 0 Å². The topological polar surface area (TPSA) is 15.3 Å². The minimum Gasteiger partial charge on any atom is -0.388 e. The van der Waals surface area contributed by atoms with Gasteiger partial charge in [-0.1, -0.05) is 29.8 Å². The van der Waals surface area contributed by atoms with Gasteiger partial charge in [0, 0.05) is 32.0 Å². The number of aryl methyl sites for hydroxylation is 2.